The minimum atomic E-state index is -0.0268. The highest BCUT2D eigenvalue weighted by Crippen LogP contribution is 2.29. The fraction of sp³-hybridized carbons (Fsp3) is 0.364. The van der Waals surface area contributed by atoms with E-state index >= 15 is 0 Å². The van der Waals surface area contributed by atoms with Crippen molar-refractivity contribution >= 4 is 17.7 Å². The number of nitrogens with one attached hydrogen (secondary N) is 1. The van der Waals surface area contributed by atoms with E-state index in [4.69, 9.17) is 4.98 Å². The molecule has 0 unspecified atom stereocenters. The van der Waals surface area contributed by atoms with Gasteiger partial charge < -0.3 is 14.8 Å². The fourth-order valence-corrected chi connectivity index (χ4v) is 4.20. The molecule has 4 aromatic heterocycles. The minimum Gasteiger partial charge on any atom is -0.341 e. The van der Waals surface area contributed by atoms with Gasteiger partial charge in [0.1, 0.15) is 17.2 Å². The third-order valence-corrected chi connectivity index (χ3v) is 5.84. The zero-order valence-corrected chi connectivity index (χ0v) is 19.3. The summed E-state index contributed by atoms with van der Waals surface area (Å²) in [5, 5.41) is 16.0. The summed E-state index contributed by atoms with van der Waals surface area (Å²) in [5.74, 6) is 1.26. The van der Waals surface area contributed by atoms with Crippen molar-refractivity contribution in [2.45, 2.75) is 39.9 Å². The lowest BCUT2D eigenvalue weighted by atomic mass is 10.1. The van der Waals surface area contributed by atoms with Gasteiger partial charge in [-0.1, -0.05) is 0 Å². The number of aryl methyl sites for hydroxylation is 4. The summed E-state index contributed by atoms with van der Waals surface area (Å²) in [7, 11) is 3.64. The second-order valence-corrected chi connectivity index (χ2v) is 8.52. The molecule has 1 amide bonds. The lowest BCUT2D eigenvalue weighted by molar-refractivity contribution is 0.0592. The molecule has 0 fully saturated rings. The molecule has 4 aromatic rings. The van der Waals surface area contributed by atoms with E-state index in [1.807, 2.05) is 55.6 Å². The molecule has 0 saturated heterocycles. The summed E-state index contributed by atoms with van der Waals surface area (Å²) in [5.41, 5.74) is 4.92. The van der Waals surface area contributed by atoms with Gasteiger partial charge in [0.15, 0.2) is 0 Å². The number of nitrogens with zero attached hydrogens (tertiary/aromatic N) is 9. The number of carbonyl (C=O) groups is 1. The van der Waals surface area contributed by atoms with E-state index in [1.54, 1.807) is 24.1 Å². The van der Waals surface area contributed by atoms with Gasteiger partial charge in [0.05, 0.1) is 24.1 Å². The Balaban J connectivity index is 1.44. The van der Waals surface area contributed by atoms with Crippen LogP contribution in [0.2, 0.25) is 0 Å². The molecule has 0 aliphatic carbocycles. The number of aromatic nitrogens is 8. The Kier molecular flexibility index (Phi) is 4.95. The molecule has 0 bridgehead atoms. The molecule has 1 aliphatic heterocycles. The van der Waals surface area contributed by atoms with Gasteiger partial charge in [-0.2, -0.15) is 20.1 Å². The molecule has 1 N–H and O–H groups in total. The van der Waals surface area contributed by atoms with E-state index < -0.39 is 0 Å². The molecule has 0 aromatic carbocycles. The molecule has 0 saturated carbocycles. The Morgan fingerprint density at radius 3 is 2.67 bits per heavy atom. The average molecular weight is 447 g/mol. The molecule has 1 aliphatic rings. The molecule has 5 heterocycles. The van der Waals surface area contributed by atoms with Crippen molar-refractivity contribution in [2.75, 3.05) is 5.32 Å². The Labute approximate surface area is 191 Å². The van der Waals surface area contributed by atoms with Gasteiger partial charge in [-0.3, -0.25) is 9.48 Å². The lowest BCUT2D eigenvalue weighted by Crippen LogP contribution is -2.45. The van der Waals surface area contributed by atoms with Crippen molar-refractivity contribution in [3.63, 3.8) is 0 Å². The van der Waals surface area contributed by atoms with Crippen molar-refractivity contribution in [3.8, 4) is 11.3 Å². The van der Waals surface area contributed by atoms with E-state index in [0.717, 1.165) is 34.0 Å². The zero-order valence-electron chi connectivity index (χ0n) is 19.3. The van der Waals surface area contributed by atoms with Crippen LogP contribution in [-0.4, -0.2) is 56.2 Å². The van der Waals surface area contributed by atoms with E-state index in [0.29, 0.717) is 24.7 Å². The second kappa shape index (κ2) is 7.84. The summed E-state index contributed by atoms with van der Waals surface area (Å²) >= 11 is 0. The first kappa shape index (κ1) is 20.9. The van der Waals surface area contributed by atoms with Crippen LogP contribution in [0.4, 0.5) is 11.8 Å². The first-order chi connectivity index (χ1) is 15.8. The highest BCUT2D eigenvalue weighted by atomic mass is 16.2. The largest absolute Gasteiger partial charge is 0.341 e. The van der Waals surface area contributed by atoms with E-state index in [9.17, 15) is 4.79 Å². The molecule has 11 heteroatoms. The minimum absolute atomic E-state index is 0.0268. The van der Waals surface area contributed by atoms with Crippen LogP contribution < -0.4 is 5.32 Å². The normalized spacial score (nSPS) is 15.7. The number of fused-ring (bicyclic) bond motifs is 1. The van der Waals surface area contributed by atoms with Gasteiger partial charge in [-0.05, 0) is 32.4 Å². The van der Waals surface area contributed by atoms with Crippen LogP contribution in [0.25, 0.3) is 11.3 Å². The van der Waals surface area contributed by atoms with Crippen LogP contribution in [0.15, 0.2) is 30.7 Å². The van der Waals surface area contributed by atoms with Crippen LogP contribution in [0.5, 0.6) is 0 Å². The third kappa shape index (κ3) is 3.86. The highest BCUT2D eigenvalue weighted by molar-refractivity contribution is 5.95. The quantitative estimate of drug-likeness (QED) is 0.500. The first-order valence-corrected chi connectivity index (χ1v) is 10.8. The predicted molar refractivity (Wildman–Crippen MR) is 122 cm³/mol. The molecule has 1 atom stereocenters. The number of hydrogen-bond acceptors (Lipinski definition) is 7. The topological polar surface area (TPSA) is 112 Å². The maximum atomic E-state index is 13.3. The molecule has 11 nitrogen and oxygen atoms in total. The zero-order chi connectivity index (χ0) is 23.3. The second-order valence-electron chi connectivity index (χ2n) is 8.52. The molecule has 33 heavy (non-hydrogen) atoms. The third-order valence-electron chi connectivity index (χ3n) is 5.84. The first-order valence-electron chi connectivity index (χ1n) is 10.8. The van der Waals surface area contributed by atoms with Crippen molar-refractivity contribution in [3.05, 3.63) is 53.4 Å². The summed E-state index contributed by atoms with van der Waals surface area (Å²) in [6.45, 7) is 7.08. The Bertz CT molecular complexity index is 1350. The molecular formula is C22H26N10O. The van der Waals surface area contributed by atoms with Crippen molar-refractivity contribution in [1.29, 1.82) is 0 Å². The molecule has 0 radical (unpaired) electrons. The van der Waals surface area contributed by atoms with Gasteiger partial charge in [-0.15, -0.1) is 0 Å². The average Bonchev–Trinajstić information content (AvgIpc) is 3.45. The van der Waals surface area contributed by atoms with E-state index in [-0.39, 0.29) is 11.9 Å². The van der Waals surface area contributed by atoms with Crippen LogP contribution >= 0.6 is 0 Å². The lowest BCUT2D eigenvalue weighted by Gasteiger charge is -2.33. The van der Waals surface area contributed by atoms with Gasteiger partial charge >= 0.3 is 0 Å². The van der Waals surface area contributed by atoms with Crippen LogP contribution in [0.3, 0.4) is 0 Å². The summed E-state index contributed by atoms with van der Waals surface area (Å²) in [6, 6.07) is 3.88. The monoisotopic (exact) mass is 446 g/mol. The summed E-state index contributed by atoms with van der Waals surface area (Å²) in [6.07, 6.45) is 5.48. The number of anilines is 2. The van der Waals surface area contributed by atoms with Gasteiger partial charge in [0.25, 0.3) is 5.91 Å². The number of rotatable bonds is 5. The Hall–Kier alpha value is -4.02. The maximum absolute atomic E-state index is 13.3. The predicted octanol–water partition coefficient (Wildman–Crippen LogP) is 2.21. The Morgan fingerprint density at radius 1 is 1.15 bits per heavy atom. The molecule has 5 rings (SSSR count). The van der Waals surface area contributed by atoms with Gasteiger partial charge in [0, 0.05) is 50.7 Å². The molecule has 0 spiro atoms. The Morgan fingerprint density at radius 2 is 1.97 bits per heavy atom. The number of hydrogen-bond donors (Lipinski definition) is 1. The van der Waals surface area contributed by atoms with Crippen LogP contribution in [0, 0.1) is 13.8 Å². The van der Waals surface area contributed by atoms with E-state index in [2.05, 4.69) is 25.6 Å². The standard InChI is InChI=1S/C22H26N10O/c1-13-8-23-22(25-19-6-14(2)27-29(19)4)26-20(13)16-7-18-21(33)32(15(3)10-31(18)11-16)12-17-9-24-30(5)28-17/h6-9,11,15H,10,12H2,1-5H3,(H,23,25,26)/t15-/m0/s1. The van der Waals surface area contributed by atoms with Gasteiger partial charge in [0.2, 0.25) is 5.95 Å². The molecular weight excluding hydrogens is 420 g/mol. The SMILES string of the molecule is Cc1cc(Nc2ncc(C)c(-c3cc4n(c3)C[C@H](C)N(Cc3cnn(C)n3)C4=O)n2)n(C)n1. The van der Waals surface area contributed by atoms with Crippen LogP contribution in [0.1, 0.15) is 34.4 Å². The highest BCUT2D eigenvalue weighted by Gasteiger charge is 2.31. The number of amides is 1. The summed E-state index contributed by atoms with van der Waals surface area (Å²) in [4.78, 5) is 25.8. The van der Waals surface area contributed by atoms with Gasteiger partial charge in [-0.25, -0.2) is 9.97 Å². The number of carbonyl (C=O) groups excluding carboxylic acids is 1. The van der Waals surface area contributed by atoms with Crippen LogP contribution in [-0.2, 0) is 27.2 Å². The smallest absolute Gasteiger partial charge is 0.271 e. The maximum Gasteiger partial charge on any atom is 0.271 e. The fourth-order valence-electron chi connectivity index (χ4n) is 4.20. The van der Waals surface area contributed by atoms with Crippen molar-refractivity contribution in [1.82, 2.24) is 44.2 Å². The van der Waals surface area contributed by atoms with E-state index in [1.165, 1.54) is 4.80 Å². The summed E-state index contributed by atoms with van der Waals surface area (Å²) < 4.78 is 3.76. The molecule has 170 valence electrons. The van der Waals surface area contributed by atoms with Crippen molar-refractivity contribution < 1.29 is 4.79 Å². The van der Waals surface area contributed by atoms with Crippen molar-refractivity contribution in [2.24, 2.45) is 14.1 Å².